The monoisotopic (exact) mass is 368 g/mol. The van der Waals surface area contributed by atoms with Crippen molar-refractivity contribution in [2.75, 3.05) is 7.11 Å². The van der Waals surface area contributed by atoms with Crippen molar-refractivity contribution in [1.29, 1.82) is 0 Å². The summed E-state index contributed by atoms with van der Waals surface area (Å²) in [6.07, 6.45) is 16.4. The Labute approximate surface area is 163 Å². The first kappa shape index (κ1) is 18.8. The molecule has 27 heavy (non-hydrogen) atoms. The van der Waals surface area contributed by atoms with Crippen LogP contribution in [0.2, 0.25) is 0 Å². The minimum atomic E-state index is -0.394. The SMILES string of the molecule is C#C[C@@]1(C(C)C(=O)OC)CCC2C3CCC4=CC(=O)CCC4C3CC[C@@]21C. The molecule has 0 radical (unpaired) electrons. The number of methoxy groups -OCH3 is 1. The van der Waals surface area contributed by atoms with Crippen LogP contribution >= 0.6 is 0 Å². The van der Waals surface area contributed by atoms with Crippen LogP contribution in [-0.2, 0) is 14.3 Å². The molecule has 0 aromatic heterocycles. The third kappa shape index (κ3) is 2.48. The molecule has 3 heteroatoms. The summed E-state index contributed by atoms with van der Waals surface area (Å²) in [6.45, 7) is 4.33. The molecule has 146 valence electrons. The summed E-state index contributed by atoms with van der Waals surface area (Å²) in [5.74, 6) is 5.58. The third-order valence-electron chi connectivity index (χ3n) is 9.11. The molecule has 0 aromatic carbocycles. The Morgan fingerprint density at radius 1 is 1.22 bits per heavy atom. The van der Waals surface area contributed by atoms with E-state index < -0.39 is 5.41 Å². The predicted octanol–water partition coefficient (Wildman–Crippen LogP) is 4.56. The maximum atomic E-state index is 12.4. The summed E-state index contributed by atoms with van der Waals surface area (Å²) >= 11 is 0. The molecule has 4 aliphatic carbocycles. The second-order valence-electron chi connectivity index (χ2n) is 9.66. The van der Waals surface area contributed by atoms with Crippen LogP contribution in [0.4, 0.5) is 0 Å². The molecule has 0 amide bonds. The lowest BCUT2D eigenvalue weighted by Crippen LogP contribution is -2.52. The van der Waals surface area contributed by atoms with Crippen LogP contribution < -0.4 is 0 Å². The standard InChI is InChI=1S/C24H32O3/c1-5-24(15(2)22(26)27-4)13-11-21-20-8-6-16-14-17(25)7-9-18(16)19(20)10-12-23(21,24)3/h1,14-15,18-21H,6-13H2,2-4H3/t15?,18?,19?,20?,21?,23-,24-/m0/s1. The predicted molar refractivity (Wildman–Crippen MR) is 105 cm³/mol. The second kappa shape index (κ2) is 6.50. The largest absolute Gasteiger partial charge is 0.469 e. The van der Waals surface area contributed by atoms with Crippen molar-refractivity contribution in [1.82, 2.24) is 0 Å². The molecule has 0 spiro atoms. The zero-order valence-electron chi connectivity index (χ0n) is 16.9. The van der Waals surface area contributed by atoms with Gasteiger partial charge in [-0.05, 0) is 80.1 Å². The van der Waals surface area contributed by atoms with Crippen molar-refractivity contribution in [2.24, 2.45) is 40.4 Å². The van der Waals surface area contributed by atoms with E-state index in [4.69, 9.17) is 11.2 Å². The molecule has 3 nitrogen and oxygen atoms in total. The number of hydrogen-bond acceptors (Lipinski definition) is 3. The van der Waals surface area contributed by atoms with Gasteiger partial charge in [0.2, 0.25) is 0 Å². The minimum Gasteiger partial charge on any atom is -0.469 e. The smallest absolute Gasteiger partial charge is 0.309 e. The molecule has 0 N–H and O–H groups in total. The van der Waals surface area contributed by atoms with Crippen LogP contribution in [0.5, 0.6) is 0 Å². The first-order chi connectivity index (χ1) is 12.9. The molecule has 0 saturated heterocycles. The second-order valence-corrected chi connectivity index (χ2v) is 9.66. The van der Waals surface area contributed by atoms with Crippen LogP contribution in [0.15, 0.2) is 11.6 Å². The minimum absolute atomic E-state index is 0.00221. The number of carbonyl (C=O) groups is 2. The first-order valence-corrected chi connectivity index (χ1v) is 10.7. The maximum absolute atomic E-state index is 12.4. The van der Waals surface area contributed by atoms with Crippen molar-refractivity contribution in [3.63, 3.8) is 0 Å². The summed E-state index contributed by atoms with van der Waals surface area (Å²) in [5.41, 5.74) is 1.02. The van der Waals surface area contributed by atoms with E-state index in [1.54, 1.807) is 0 Å². The van der Waals surface area contributed by atoms with E-state index in [0.717, 1.165) is 32.1 Å². The quantitative estimate of drug-likeness (QED) is 0.530. The number of terminal acetylenes is 1. The Kier molecular flexibility index (Phi) is 4.53. The fourth-order valence-corrected chi connectivity index (χ4v) is 7.71. The highest BCUT2D eigenvalue weighted by Crippen LogP contribution is 2.69. The van der Waals surface area contributed by atoms with Gasteiger partial charge in [-0.3, -0.25) is 9.59 Å². The van der Waals surface area contributed by atoms with Crippen molar-refractivity contribution in [2.45, 2.75) is 65.2 Å². The Hall–Kier alpha value is -1.56. The van der Waals surface area contributed by atoms with Crippen molar-refractivity contribution in [3.05, 3.63) is 11.6 Å². The molecule has 0 heterocycles. The number of allylic oxidation sites excluding steroid dienone is 1. The third-order valence-corrected chi connectivity index (χ3v) is 9.11. The average molecular weight is 369 g/mol. The van der Waals surface area contributed by atoms with Crippen LogP contribution in [-0.4, -0.2) is 18.9 Å². The molecule has 7 atom stereocenters. The summed E-state index contributed by atoms with van der Waals surface area (Å²) in [7, 11) is 1.47. The number of fused-ring (bicyclic) bond motifs is 5. The first-order valence-electron chi connectivity index (χ1n) is 10.7. The number of hydrogen-bond donors (Lipinski definition) is 0. The van der Waals surface area contributed by atoms with Gasteiger partial charge < -0.3 is 4.74 Å². The number of ketones is 1. The number of rotatable bonds is 2. The van der Waals surface area contributed by atoms with Crippen molar-refractivity contribution < 1.29 is 14.3 Å². The lowest BCUT2D eigenvalue weighted by molar-refractivity contribution is -0.153. The molecule has 0 aliphatic heterocycles. The molecule has 4 rings (SSSR count). The molecular weight excluding hydrogens is 336 g/mol. The fraction of sp³-hybridized carbons (Fsp3) is 0.750. The summed E-state index contributed by atoms with van der Waals surface area (Å²) in [5, 5.41) is 0. The lowest BCUT2D eigenvalue weighted by atomic mass is 9.47. The zero-order valence-corrected chi connectivity index (χ0v) is 16.9. The zero-order chi connectivity index (χ0) is 19.4. The van der Waals surface area contributed by atoms with E-state index in [0.29, 0.717) is 35.9 Å². The highest BCUT2D eigenvalue weighted by Gasteiger charge is 2.64. The van der Waals surface area contributed by atoms with Gasteiger partial charge in [-0.1, -0.05) is 25.3 Å². The van der Waals surface area contributed by atoms with E-state index in [1.807, 2.05) is 13.0 Å². The van der Waals surface area contributed by atoms with Gasteiger partial charge in [-0.15, -0.1) is 6.42 Å². The number of carbonyl (C=O) groups excluding carboxylic acids is 2. The fourth-order valence-electron chi connectivity index (χ4n) is 7.71. The van der Waals surface area contributed by atoms with Gasteiger partial charge in [-0.25, -0.2) is 0 Å². The lowest BCUT2D eigenvalue weighted by Gasteiger charge is -2.56. The summed E-state index contributed by atoms with van der Waals surface area (Å²) in [4.78, 5) is 24.3. The average Bonchev–Trinajstić information content (AvgIpc) is 2.99. The van der Waals surface area contributed by atoms with Gasteiger partial charge in [0.1, 0.15) is 0 Å². The van der Waals surface area contributed by atoms with Gasteiger partial charge in [-0.2, -0.15) is 0 Å². The maximum Gasteiger partial charge on any atom is 0.309 e. The summed E-state index contributed by atoms with van der Waals surface area (Å²) < 4.78 is 5.09. The number of ether oxygens (including phenoxy) is 1. The van der Waals surface area contributed by atoms with Gasteiger partial charge in [0.05, 0.1) is 13.0 Å². The van der Waals surface area contributed by atoms with E-state index in [2.05, 4.69) is 12.8 Å². The van der Waals surface area contributed by atoms with Gasteiger partial charge in [0.15, 0.2) is 5.78 Å². The van der Waals surface area contributed by atoms with Crippen molar-refractivity contribution in [3.8, 4) is 12.3 Å². The Bertz CT molecular complexity index is 728. The van der Waals surface area contributed by atoms with Crippen LogP contribution in [0.25, 0.3) is 0 Å². The molecule has 0 bridgehead atoms. The van der Waals surface area contributed by atoms with Gasteiger partial charge in [0, 0.05) is 11.8 Å². The molecule has 3 saturated carbocycles. The van der Waals surface area contributed by atoms with E-state index >= 15 is 0 Å². The summed E-state index contributed by atoms with van der Waals surface area (Å²) in [6, 6.07) is 0. The normalized spacial score (nSPS) is 44.2. The van der Waals surface area contributed by atoms with Crippen LogP contribution in [0, 0.1) is 52.8 Å². The van der Waals surface area contributed by atoms with Gasteiger partial charge in [0.25, 0.3) is 0 Å². The van der Waals surface area contributed by atoms with Crippen LogP contribution in [0.1, 0.15) is 65.2 Å². The highest BCUT2D eigenvalue weighted by molar-refractivity contribution is 5.91. The number of esters is 1. The Balaban J connectivity index is 1.66. The molecule has 3 fully saturated rings. The molecule has 4 aliphatic rings. The van der Waals surface area contributed by atoms with Crippen LogP contribution in [0.3, 0.4) is 0 Å². The topological polar surface area (TPSA) is 43.4 Å². The van der Waals surface area contributed by atoms with E-state index in [1.165, 1.54) is 25.5 Å². The van der Waals surface area contributed by atoms with E-state index in [9.17, 15) is 9.59 Å². The molecule has 5 unspecified atom stereocenters. The Morgan fingerprint density at radius 2 is 2.00 bits per heavy atom. The molecule has 0 aromatic rings. The van der Waals surface area contributed by atoms with Gasteiger partial charge >= 0.3 is 5.97 Å². The Morgan fingerprint density at radius 3 is 2.70 bits per heavy atom. The van der Waals surface area contributed by atoms with E-state index in [-0.39, 0.29) is 17.3 Å². The van der Waals surface area contributed by atoms with Crippen molar-refractivity contribution >= 4 is 11.8 Å². The molecular formula is C24H32O3. The highest BCUT2D eigenvalue weighted by atomic mass is 16.5.